The number of hydrogen-bond donors (Lipinski definition) is 1. The average Bonchev–Trinajstić information content (AvgIpc) is 3.16. The van der Waals surface area contributed by atoms with Crippen molar-refractivity contribution >= 4 is 18.2 Å². The molecule has 1 aliphatic heterocycles. The van der Waals surface area contributed by atoms with Crippen LogP contribution >= 0.6 is 0 Å². The summed E-state index contributed by atoms with van der Waals surface area (Å²) in [7, 11) is 0. The van der Waals surface area contributed by atoms with Crippen LogP contribution in [-0.2, 0) is 14.3 Å². The Balaban J connectivity index is 1.54. The summed E-state index contributed by atoms with van der Waals surface area (Å²) in [4.78, 5) is 41.3. The maximum Gasteiger partial charge on any atom is 0.410 e. The molecule has 0 aromatic heterocycles. The van der Waals surface area contributed by atoms with Crippen LogP contribution in [0.1, 0.15) is 57.6 Å². The van der Waals surface area contributed by atoms with Crippen molar-refractivity contribution in [3.05, 3.63) is 59.7 Å². The Labute approximate surface area is 211 Å². The highest BCUT2D eigenvalue weighted by molar-refractivity contribution is 5.86. The van der Waals surface area contributed by atoms with Crippen LogP contribution in [0.5, 0.6) is 0 Å². The van der Waals surface area contributed by atoms with Gasteiger partial charge in [0, 0.05) is 19.0 Å². The highest BCUT2D eigenvalue weighted by Crippen LogP contribution is 2.44. The fraction of sp³-hybridized carbons (Fsp3) is 0.464. The number of likely N-dealkylation sites (N-methyl/N-ethyl adjacent to an activating group) is 1. The highest BCUT2D eigenvalue weighted by atomic mass is 16.6. The second-order valence-electron chi connectivity index (χ2n) is 10.4. The summed E-state index contributed by atoms with van der Waals surface area (Å²) < 4.78 is 11.3. The molecule has 1 N–H and O–H groups in total. The molecule has 2 aromatic rings. The molecular formula is C28H34N2O6. The SMILES string of the molecule is CCN(C(=O)OCC1c2ccccc2-c2ccccc21)C1(C(=O)O)CCCN(C(=O)OC(C)(C)C)C1. The minimum absolute atomic E-state index is 0.0921. The van der Waals surface area contributed by atoms with Gasteiger partial charge in [0.15, 0.2) is 5.54 Å². The first-order valence-electron chi connectivity index (χ1n) is 12.4. The summed E-state index contributed by atoms with van der Waals surface area (Å²) in [5.41, 5.74) is 2.09. The molecule has 2 aromatic carbocycles. The Bertz CT molecular complexity index is 1110. The van der Waals surface area contributed by atoms with Crippen molar-refractivity contribution in [1.82, 2.24) is 9.80 Å². The van der Waals surface area contributed by atoms with Gasteiger partial charge in [0.1, 0.15) is 12.2 Å². The number of carbonyl (C=O) groups excluding carboxylic acids is 2. The molecule has 1 saturated heterocycles. The molecule has 1 unspecified atom stereocenters. The van der Waals surface area contributed by atoms with E-state index in [4.69, 9.17) is 9.47 Å². The van der Waals surface area contributed by atoms with Crippen molar-refractivity contribution < 1.29 is 29.0 Å². The van der Waals surface area contributed by atoms with Crippen molar-refractivity contribution in [1.29, 1.82) is 0 Å². The van der Waals surface area contributed by atoms with E-state index in [1.165, 1.54) is 9.80 Å². The number of amides is 2. The number of aliphatic carboxylic acids is 1. The first-order valence-corrected chi connectivity index (χ1v) is 12.4. The lowest BCUT2D eigenvalue weighted by molar-refractivity contribution is -0.154. The monoisotopic (exact) mass is 494 g/mol. The van der Waals surface area contributed by atoms with E-state index in [1.54, 1.807) is 27.7 Å². The zero-order chi connectivity index (χ0) is 26.1. The van der Waals surface area contributed by atoms with Crippen molar-refractivity contribution in [3.63, 3.8) is 0 Å². The second kappa shape index (κ2) is 9.84. The van der Waals surface area contributed by atoms with Gasteiger partial charge in [-0.3, -0.25) is 4.90 Å². The van der Waals surface area contributed by atoms with Crippen molar-refractivity contribution in [2.24, 2.45) is 0 Å². The molecule has 2 aliphatic rings. The predicted molar refractivity (Wildman–Crippen MR) is 135 cm³/mol. The Morgan fingerprint density at radius 3 is 2.17 bits per heavy atom. The molecule has 1 aliphatic carbocycles. The topological polar surface area (TPSA) is 96.4 Å². The number of benzene rings is 2. The summed E-state index contributed by atoms with van der Waals surface area (Å²) in [6.45, 7) is 7.43. The average molecular weight is 495 g/mol. The normalized spacial score (nSPS) is 19.3. The van der Waals surface area contributed by atoms with E-state index in [9.17, 15) is 19.5 Å². The van der Waals surface area contributed by atoms with Gasteiger partial charge in [0.25, 0.3) is 0 Å². The lowest BCUT2D eigenvalue weighted by atomic mass is 9.87. The van der Waals surface area contributed by atoms with Gasteiger partial charge in [-0.25, -0.2) is 14.4 Å². The van der Waals surface area contributed by atoms with E-state index in [2.05, 4.69) is 12.1 Å². The number of fused-ring (bicyclic) bond motifs is 3. The standard InChI is InChI=1S/C28H34N2O6/c1-5-30(28(24(31)32)15-10-16-29(18-28)25(33)36-27(2,3)4)26(34)35-17-23-21-13-8-6-11-19(21)20-12-7-9-14-22(20)23/h6-9,11-14,23H,5,10,15-18H2,1-4H3,(H,31,32). The number of carboxylic acid groups (broad SMARTS) is 1. The number of carbonyl (C=O) groups is 3. The molecule has 192 valence electrons. The van der Waals surface area contributed by atoms with Crippen LogP contribution in [0.3, 0.4) is 0 Å². The van der Waals surface area contributed by atoms with Gasteiger partial charge in [-0.1, -0.05) is 48.5 Å². The summed E-state index contributed by atoms with van der Waals surface area (Å²) in [5, 5.41) is 10.3. The lowest BCUT2D eigenvalue weighted by Crippen LogP contribution is -2.65. The fourth-order valence-electron chi connectivity index (χ4n) is 5.31. The molecule has 8 nitrogen and oxygen atoms in total. The molecule has 2 amide bonds. The van der Waals surface area contributed by atoms with E-state index in [1.807, 2.05) is 36.4 Å². The van der Waals surface area contributed by atoms with Crippen LogP contribution in [0, 0.1) is 0 Å². The quantitative estimate of drug-likeness (QED) is 0.620. The van der Waals surface area contributed by atoms with E-state index in [-0.39, 0.29) is 32.0 Å². The Morgan fingerprint density at radius 2 is 1.64 bits per heavy atom. The first-order chi connectivity index (χ1) is 17.1. The third-order valence-corrected chi connectivity index (χ3v) is 6.91. The summed E-state index contributed by atoms with van der Waals surface area (Å²) in [5.74, 6) is -1.29. The summed E-state index contributed by atoms with van der Waals surface area (Å²) >= 11 is 0. The maximum atomic E-state index is 13.4. The van der Waals surface area contributed by atoms with Gasteiger partial charge in [-0.05, 0) is 62.8 Å². The summed E-state index contributed by atoms with van der Waals surface area (Å²) in [6.07, 6.45) is -0.637. The number of carboxylic acids is 1. The molecule has 1 heterocycles. The van der Waals surface area contributed by atoms with Crippen LogP contribution in [-0.4, -0.2) is 70.4 Å². The molecule has 1 atom stereocenters. The lowest BCUT2D eigenvalue weighted by Gasteiger charge is -2.45. The second-order valence-corrected chi connectivity index (χ2v) is 10.4. The minimum Gasteiger partial charge on any atom is -0.479 e. The highest BCUT2D eigenvalue weighted by Gasteiger charge is 2.51. The van der Waals surface area contributed by atoms with E-state index in [0.717, 1.165) is 22.3 Å². The largest absolute Gasteiger partial charge is 0.479 e. The molecule has 0 bridgehead atoms. The number of hydrogen-bond acceptors (Lipinski definition) is 5. The van der Waals surface area contributed by atoms with Crippen molar-refractivity contribution in [3.8, 4) is 11.1 Å². The third-order valence-electron chi connectivity index (χ3n) is 6.91. The van der Waals surface area contributed by atoms with Crippen molar-refractivity contribution in [2.45, 2.75) is 57.6 Å². The minimum atomic E-state index is -1.59. The maximum absolute atomic E-state index is 13.4. The smallest absolute Gasteiger partial charge is 0.410 e. The van der Waals surface area contributed by atoms with Crippen LogP contribution in [0.25, 0.3) is 11.1 Å². The number of nitrogens with zero attached hydrogens (tertiary/aromatic N) is 2. The van der Waals surface area contributed by atoms with Gasteiger partial charge in [-0.2, -0.15) is 0 Å². The Hall–Kier alpha value is -3.55. The van der Waals surface area contributed by atoms with Gasteiger partial charge >= 0.3 is 18.2 Å². The molecule has 1 fully saturated rings. The third kappa shape index (κ3) is 4.76. The van der Waals surface area contributed by atoms with E-state index < -0.39 is 29.3 Å². The zero-order valence-corrected chi connectivity index (χ0v) is 21.3. The van der Waals surface area contributed by atoms with E-state index in [0.29, 0.717) is 13.0 Å². The Kier molecular flexibility index (Phi) is 6.98. The van der Waals surface area contributed by atoms with Crippen LogP contribution in [0.15, 0.2) is 48.5 Å². The van der Waals surface area contributed by atoms with Crippen molar-refractivity contribution in [2.75, 3.05) is 26.2 Å². The molecule has 36 heavy (non-hydrogen) atoms. The van der Waals surface area contributed by atoms with Crippen LogP contribution < -0.4 is 0 Å². The number of likely N-dealkylation sites (tertiary alicyclic amines) is 1. The molecule has 0 spiro atoms. The fourth-order valence-corrected chi connectivity index (χ4v) is 5.31. The zero-order valence-electron chi connectivity index (χ0n) is 21.3. The van der Waals surface area contributed by atoms with E-state index >= 15 is 0 Å². The summed E-state index contributed by atoms with van der Waals surface area (Å²) in [6, 6.07) is 16.1. The molecule has 0 radical (unpaired) electrons. The molecule has 0 saturated carbocycles. The molecule has 4 rings (SSSR count). The van der Waals surface area contributed by atoms with Gasteiger partial charge in [0.2, 0.25) is 0 Å². The number of rotatable bonds is 5. The first kappa shape index (κ1) is 25.5. The van der Waals surface area contributed by atoms with Gasteiger partial charge in [0.05, 0.1) is 6.54 Å². The van der Waals surface area contributed by atoms with Gasteiger partial charge < -0.3 is 19.5 Å². The van der Waals surface area contributed by atoms with Crippen LogP contribution in [0.2, 0.25) is 0 Å². The molecule has 8 heteroatoms. The van der Waals surface area contributed by atoms with Crippen LogP contribution in [0.4, 0.5) is 9.59 Å². The van der Waals surface area contributed by atoms with Gasteiger partial charge in [-0.15, -0.1) is 0 Å². The predicted octanol–water partition coefficient (Wildman–Crippen LogP) is 5.11. The number of piperidine rings is 1. The molecular weight excluding hydrogens is 460 g/mol. The number of ether oxygens (including phenoxy) is 2. The Morgan fingerprint density at radius 1 is 1.06 bits per heavy atom.